The van der Waals surface area contributed by atoms with Crippen molar-refractivity contribution < 1.29 is 9.59 Å². The van der Waals surface area contributed by atoms with Crippen molar-refractivity contribution in [3.05, 3.63) is 47.9 Å². The second kappa shape index (κ2) is 8.16. The van der Waals surface area contributed by atoms with Gasteiger partial charge in [-0.3, -0.25) is 9.59 Å². The number of nitrogens with one attached hydrogen (secondary N) is 2. The highest BCUT2D eigenvalue weighted by molar-refractivity contribution is 6.03. The van der Waals surface area contributed by atoms with Gasteiger partial charge >= 0.3 is 0 Å². The molecule has 0 radical (unpaired) electrons. The molecular weight excluding hydrogens is 306 g/mol. The van der Waals surface area contributed by atoms with E-state index in [4.69, 9.17) is 0 Å². The molecule has 1 aromatic heterocycles. The number of hydrogen-bond donors (Lipinski definition) is 2. The molecule has 0 fully saturated rings. The molecule has 126 valence electrons. The first-order valence-corrected chi connectivity index (χ1v) is 7.58. The second-order valence-electron chi connectivity index (χ2n) is 5.60. The van der Waals surface area contributed by atoms with Crippen molar-refractivity contribution in [3.63, 3.8) is 0 Å². The van der Waals surface area contributed by atoms with E-state index >= 15 is 0 Å². The van der Waals surface area contributed by atoms with Crippen molar-refractivity contribution in [2.24, 2.45) is 0 Å². The average Bonchev–Trinajstić information content (AvgIpc) is 2.55. The van der Waals surface area contributed by atoms with Gasteiger partial charge in [0.05, 0.1) is 12.4 Å². The van der Waals surface area contributed by atoms with E-state index in [1.54, 1.807) is 24.3 Å². The molecule has 24 heavy (non-hydrogen) atoms. The largest absolute Gasteiger partial charge is 0.368 e. The fourth-order valence-electron chi connectivity index (χ4n) is 1.93. The molecular formula is C17H21N5O2. The van der Waals surface area contributed by atoms with Gasteiger partial charge in [0, 0.05) is 24.3 Å². The second-order valence-corrected chi connectivity index (χ2v) is 5.60. The minimum Gasteiger partial charge on any atom is -0.368 e. The zero-order chi connectivity index (χ0) is 17.5. The molecule has 0 aliphatic heterocycles. The van der Waals surface area contributed by atoms with Gasteiger partial charge in [-0.2, -0.15) is 0 Å². The lowest BCUT2D eigenvalue weighted by atomic mass is 10.1. The van der Waals surface area contributed by atoms with Crippen LogP contribution in [-0.2, 0) is 0 Å². The summed E-state index contributed by atoms with van der Waals surface area (Å²) in [6.07, 6.45) is 2.96. The SMILES string of the molecule is CC(=O)c1ccc(NC(=O)c2cnc(NCCN(C)C)cn2)cc1. The van der Waals surface area contributed by atoms with E-state index in [9.17, 15) is 9.59 Å². The van der Waals surface area contributed by atoms with Crippen LogP contribution in [0.25, 0.3) is 0 Å². The van der Waals surface area contributed by atoms with Crippen LogP contribution in [0.5, 0.6) is 0 Å². The third-order valence-electron chi connectivity index (χ3n) is 3.30. The first-order chi connectivity index (χ1) is 11.5. The Morgan fingerprint density at radius 2 is 1.79 bits per heavy atom. The van der Waals surface area contributed by atoms with Crippen LogP contribution in [0.15, 0.2) is 36.7 Å². The van der Waals surface area contributed by atoms with Gasteiger partial charge in [-0.05, 0) is 45.3 Å². The summed E-state index contributed by atoms with van der Waals surface area (Å²) in [6.45, 7) is 3.12. The fourth-order valence-corrected chi connectivity index (χ4v) is 1.93. The number of likely N-dealkylation sites (N-methyl/N-ethyl adjacent to an activating group) is 1. The number of amides is 1. The number of benzene rings is 1. The van der Waals surface area contributed by atoms with E-state index in [2.05, 4.69) is 25.5 Å². The minimum atomic E-state index is -0.349. The molecule has 0 saturated heterocycles. The Morgan fingerprint density at radius 1 is 1.08 bits per heavy atom. The quantitative estimate of drug-likeness (QED) is 0.755. The number of nitrogens with zero attached hydrogens (tertiary/aromatic N) is 3. The van der Waals surface area contributed by atoms with E-state index < -0.39 is 0 Å². The van der Waals surface area contributed by atoms with Crippen molar-refractivity contribution in [2.45, 2.75) is 6.92 Å². The zero-order valence-electron chi connectivity index (χ0n) is 14.0. The van der Waals surface area contributed by atoms with Crippen molar-refractivity contribution in [3.8, 4) is 0 Å². The van der Waals surface area contributed by atoms with Crippen LogP contribution in [0.3, 0.4) is 0 Å². The lowest BCUT2D eigenvalue weighted by Gasteiger charge is -2.10. The average molecular weight is 327 g/mol. The molecule has 7 nitrogen and oxygen atoms in total. The number of rotatable bonds is 7. The fraction of sp³-hybridized carbons (Fsp3) is 0.294. The summed E-state index contributed by atoms with van der Waals surface area (Å²) >= 11 is 0. The van der Waals surface area contributed by atoms with E-state index in [0.717, 1.165) is 13.1 Å². The first-order valence-electron chi connectivity index (χ1n) is 7.58. The summed E-state index contributed by atoms with van der Waals surface area (Å²) in [5.41, 5.74) is 1.42. The number of carbonyl (C=O) groups is 2. The summed E-state index contributed by atoms with van der Waals surface area (Å²) in [7, 11) is 3.98. The lowest BCUT2D eigenvalue weighted by Crippen LogP contribution is -2.21. The van der Waals surface area contributed by atoms with Crippen molar-refractivity contribution in [1.29, 1.82) is 0 Å². The van der Waals surface area contributed by atoms with Gasteiger partial charge in [-0.1, -0.05) is 0 Å². The lowest BCUT2D eigenvalue weighted by molar-refractivity contribution is 0.101. The van der Waals surface area contributed by atoms with Crippen LogP contribution in [-0.4, -0.2) is 53.7 Å². The molecule has 0 spiro atoms. The number of ketones is 1. The zero-order valence-corrected chi connectivity index (χ0v) is 14.0. The van der Waals surface area contributed by atoms with Gasteiger partial charge in [-0.15, -0.1) is 0 Å². The molecule has 2 N–H and O–H groups in total. The summed E-state index contributed by atoms with van der Waals surface area (Å²) in [5.74, 6) is 0.258. The Labute approximate surface area is 141 Å². The number of Topliss-reactive ketones (excluding diaryl/α,β-unsaturated/α-hetero) is 1. The topological polar surface area (TPSA) is 87.2 Å². The number of carbonyl (C=O) groups excluding carboxylic acids is 2. The standard InChI is InChI=1S/C17H21N5O2/c1-12(23)13-4-6-14(7-5-13)21-17(24)15-10-20-16(11-19-15)18-8-9-22(2)3/h4-7,10-11H,8-9H2,1-3H3,(H,18,20)(H,21,24). The highest BCUT2D eigenvalue weighted by atomic mass is 16.2. The van der Waals surface area contributed by atoms with Crippen LogP contribution in [0, 0.1) is 0 Å². The van der Waals surface area contributed by atoms with Gasteiger partial charge in [0.15, 0.2) is 5.78 Å². The molecule has 2 aromatic rings. The predicted molar refractivity (Wildman–Crippen MR) is 93.5 cm³/mol. The van der Waals surface area contributed by atoms with Gasteiger partial charge in [0.1, 0.15) is 11.5 Å². The molecule has 1 amide bonds. The molecule has 0 saturated carbocycles. The predicted octanol–water partition coefficient (Wildman–Crippen LogP) is 1.91. The molecule has 1 aromatic carbocycles. The smallest absolute Gasteiger partial charge is 0.275 e. The van der Waals surface area contributed by atoms with Crippen LogP contribution >= 0.6 is 0 Å². The third-order valence-corrected chi connectivity index (χ3v) is 3.30. The van der Waals surface area contributed by atoms with Gasteiger partial charge in [-0.25, -0.2) is 9.97 Å². The minimum absolute atomic E-state index is 0.0175. The Hall–Kier alpha value is -2.80. The summed E-state index contributed by atoms with van der Waals surface area (Å²) in [4.78, 5) is 33.7. The van der Waals surface area contributed by atoms with Gasteiger partial charge in [0.2, 0.25) is 0 Å². The van der Waals surface area contributed by atoms with Crippen LogP contribution < -0.4 is 10.6 Å². The number of aromatic nitrogens is 2. The van der Waals surface area contributed by atoms with E-state index in [1.807, 2.05) is 14.1 Å². The monoisotopic (exact) mass is 327 g/mol. The van der Waals surface area contributed by atoms with Crippen LogP contribution in [0.1, 0.15) is 27.8 Å². The maximum absolute atomic E-state index is 12.1. The van der Waals surface area contributed by atoms with Crippen LogP contribution in [0.4, 0.5) is 11.5 Å². The third kappa shape index (κ3) is 5.13. The molecule has 0 aliphatic rings. The summed E-state index contributed by atoms with van der Waals surface area (Å²) in [6, 6.07) is 6.70. The Kier molecular flexibility index (Phi) is 5.97. The highest BCUT2D eigenvalue weighted by Gasteiger charge is 2.09. The normalized spacial score (nSPS) is 10.5. The molecule has 2 rings (SSSR count). The molecule has 0 atom stereocenters. The van der Waals surface area contributed by atoms with Crippen molar-refractivity contribution in [1.82, 2.24) is 14.9 Å². The Balaban J connectivity index is 1.93. The van der Waals surface area contributed by atoms with Gasteiger partial charge in [0.25, 0.3) is 5.91 Å². The van der Waals surface area contributed by atoms with E-state index in [0.29, 0.717) is 17.1 Å². The molecule has 1 heterocycles. The first kappa shape index (κ1) is 17.6. The van der Waals surface area contributed by atoms with E-state index in [-0.39, 0.29) is 17.4 Å². The molecule has 7 heteroatoms. The van der Waals surface area contributed by atoms with Crippen molar-refractivity contribution >= 4 is 23.2 Å². The number of anilines is 2. The van der Waals surface area contributed by atoms with Crippen LogP contribution in [0.2, 0.25) is 0 Å². The van der Waals surface area contributed by atoms with E-state index in [1.165, 1.54) is 19.3 Å². The number of hydrogen-bond acceptors (Lipinski definition) is 6. The van der Waals surface area contributed by atoms with Crippen molar-refractivity contribution in [2.75, 3.05) is 37.8 Å². The van der Waals surface area contributed by atoms with Gasteiger partial charge < -0.3 is 15.5 Å². The maximum Gasteiger partial charge on any atom is 0.275 e. The summed E-state index contributed by atoms with van der Waals surface area (Å²) in [5, 5.41) is 5.85. The molecule has 0 bridgehead atoms. The maximum atomic E-state index is 12.1. The molecule has 0 aliphatic carbocycles. The Bertz CT molecular complexity index is 696. The Morgan fingerprint density at radius 3 is 2.33 bits per heavy atom. The highest BCUT2D eigenvalue weighted by Crippen LogP contribution is 2.11. The summed E-state index contributed by atoms with van der Waals surface area (Å²) < 4.78 is 0. The molecule has 0 unspecified atom stereocenters.